The number of likely N-dealkylation sites (tertiary alicyclic amines) is 1. The van der Waals surface area contributed by atoms with Crippen molar-refractivity contribution in [2.45, 2.75) is 25.8 Å². The van der Waals surface area contributed by atoms with Gasteiger partial charge in [-0.2, -0.15) is 4.98 Å². The third-order valence-electron chi connectivity index (χ3n) is 4.04. The molecule has 1 amide bonds. The van der Waals surface area contributed by atoms with Crippen molar-refractivity contribution in [3.63, 3.8) is 0 Å². The fourth-order valence-corrected chi connectivity index (χ4v) is 2.91. The van der Waals surface area contributed by atoms with Crippen LogP contribution in [0, 0.1) is 12.7 Å². The van der Waals surface area contributed by atoms with E-state index in [0.717, 1.165) is 19.4 Å². The summed E-state index contributed by atoms with van der Waals surface area (Å²) in [5.74, 6) is 1.17. The summed E-state index contributed by atoms with van der Waals surface area (Å²) >= 11 is 0. The minimum absolute atomic E-state index is 0.0201. The van der Waals surface area contributed by atoms with Crippen molar-refractivity contribution in [2.75, 3.05) is 26.2 Å². The Balaban J connectivity index is 1.41. The number of benzene rings is 1. The molecule has 1 atom stereocenters. The van der Waals surface area contributed by atoms with E-state index in [4.69, 9.17) is 9.26 Å². The highest BCUT2D eigenvalue weighted by Gasteiger charge is 2.30. The number of nitrogens with zero attached hydrogens (tertiary/aromatic N) is 3. The minimum Gasteiger partial charge on any atom is -0.492 e. The first-order valence-electron chi connectivity index (χ1n) is 8.31. The van der Waals surface area contributed by atoms with Crippen LogP contribution >= 0.6 is 0 Å². The molecule has 0 aliphatic carbocycles. The van der Waals surface area contributed by atoms with Crippen LogP contribution in [0.2, 0.25) is 0 Å². The number of rotatable bonds is 7. The van der Waals surface area contributed by atoms with Gasteiger partial charge in [0.05, 0.1) is 19.1 Å². The third kappa shape index (κ3) is 4.76. The van der Waals surface area contributed by atoms with Crippen molar-refractivity contribution in [1.82, 2.24) is 20.4 Å². The first-order chi connectivity index (χ1) is 12.1. The van der Waals surface area contributed by atoms with Crippen LogP contribution in [-0.2, 0) is 4.79 Å². The van der Waals surface area contributed by atoms with Crippen LogP contribution in [0.1, 0.15) is 30.6 Å². The van der Waals surface area contributed by atoms with Crippen molar-refractivity contribution in [2.24, 2.45) is 0 Å². The molecule has 1 aromatic heterocycles. The molecular weight excluding hydrogens is 327 g/mol. The fourth-order valence-electron chi connectivity index (χ4n) is 2.91. The van der Waals surface area contributed by atoms with Crippen LogP contribution in [0.25, 0.3) is 0 Å². The zero-order valence-electron chi connectivity index (χ0n) is 14.1. The molecule has 2 aromatic rings. The molecule has 25 heavy (non-hydrogen) atoms. The van der Waals surface area contributed by atoms with Crippen LogP contribution in [-0.4, -0.2) is 47.2 Å². The molecule has 1 aromatic carbocycles. The summed E-state index contributed by atoms with van der Waals surface area (Å²) in [7, 11) is 0. The molecule has 1 aliphatic rings. The summed E-state index contributed by atoms with van der Waals surface area (Å²) in [6, 6.07) is 5.94. The highest BCUT2D eigenvalue weighted by molar-refractivity contribution is 5.78. The van der Waals surface area contributed by atoms with Gasteiger partial charge in [-0.05, 0) is 31.5 Å². The van der Waals surface area contributed by atoms with Crippen LogP contribution in [0.3, 0.4) is 0 Å². The van der Waals surface area contributed by atoms with Gasteiger partial charge in [0, 0.05) is 13.0 Å². The van der Waals surface area contributed by atoms with Gasteiger partial charge in [-0.1, -0.05) is 11.2 Å². The lowest BCUT2D eigenvalue weighted by Gasteiger charge is -2.21. The van der Waals surface area contributed by atoms with Crippen molar-refractivity contribution in [3.05, 3.63) is 41.8 Å². The van der Waals surface area contributed by atoms with Crippen LogP contribution in [0.4, 0.5) is 4.39 Å². The van der Waals surface area contributed by atoms with Crippen molar-refractivity contribution in [3.8, 4) is 5.75 Å². The molecule has 8 heteroatoms. The predicted octanol–water partition coefficient (Wildman–Crippen LogP) is 1.85. The molecule has 1 saturated heterocycles. The summed E-state index contributed by atoms with van der Waals surface area (Å²) in [4.78, 5) is 18.4. The van der Waals surface area contributed by atoms with Crippen LogP contribution < -0.4 is 10.1 Å². The number of halogens is 1. The molecule has 2 heterocycles. The summed E-state index contributed by atoms with van der Waals surface area (Å²) in [5.41, 5.74) is 0. The number of hydrogen-bond acceptors (Lipinski definition) is 6. The number of amides is 1. The van der Waals surface area contributed by atoms with Gasteiger partial charge in [0.15, 0.2) is 5.82 Å². The number of aryl methyl sites for hydroxylation is 1. The molecule has 0 bridgehead atoms. The van der Waals surface area contributed by atoms with E-state index in [1.165, 1.54) is 12.1 Å². The second kappa shape index (κ2) is 8.06. The van der Waals surface area contributed by atoms with Gasteiger partial charge >= 0.3 is 0 Å². The van der Waals surface area contributed by atoms with Crippen molar-refractivity contribution in [1.29, 1.82) is 0 Å². The summed E-state index contributed by atoms with van der Waals surface area (Å²) in [5, 5.41) is 6.77. The Morgan fingerprint density at radius 1 is 1.52 bits per heavy atom. The zero-order chi connectivity index (χ0) is 17.6. The molecule has 7 nitrogen and oxygen atoms in total. The van der Waals surface area contributed by atoms with Crippen molar-refractivity contribution >= 4 is 5.91 Å². The van der Waals surface area contributed by atoms with E-state index in [9.17, 15) is 9.18 Å². The highest BCUT2D eigenvalue weighted by Crippen LogP contribution is 2.29. The largest absolute Gasteiger partial charge is 0.492 e. The van der Waals surface area contributed by atoms with E-state index in [0.29, 0.717) is 24.0 Å². The lowest BCUT2D eigenvalue weighted by Crippen LogP contribution is -2.38. The number of ether oxygens (including phenoxy) is 1. The lowest BCUT2D eigenvalue weighted by atomic mass is 10.2. The zero-order valence-corrected chi connectivity index (χ0v) is 14.1. The Morgan fingerprint density at radius 2 is 2.40 bits per heavy atom. The van der Waals surface area contributed by atoms with E-state index >= 15 is 0 Å². The maximum Gasteiger partial charge on any atom is 0.234 e. The quantitative estimate of drug-likeness (QED) is 0.769. The Bertz CT molecular complexity index is 721. The maximum atomic E-state index is 13.0. The summed E-state index contributed by atoms with van der Waals surface area (Å²) in [6.45, 7) is 3.49. The fraction of sp³-hybridized carbons (Fsp3) is 0.471. The number of hydrogen-bond donors (Lipinski definition) is 1. The number of carbonyl (C=O) groups excluding carboxylic acids is 1. The van der Waals surface area contributed by atoms with Gasteiger partial charge in [0.2, 0.25) is 11.8 Å². The lowest BCUT2D eigenvalue weighted by molar-refractivity contribution is -0.122. The molecule has 0 unspecified atom stereocenters. The molecule has 134 valence electrons. The van der Waals surface area contributed by atoms with Crippen molar-refractivity contribution < 1.29 is 18.4 Å². The molecule has 1 aliphatic heterocycles. The average Bonchev–Trinajstić information content (AvgIpc) is 3.20. The van der Waals surface area contributed by atoms with Crippen LogP contribution in [0.15, 0.2) is 28.8 Å². The molecule has 0 spiro atoms. The Hall–Kier alpha value is -2.48. The standard InChI is InChI=1S/C17H21FN4O3/c1-12-20-17(21-25-12)15-6-3-8-22(15)11-16(23)19-7-9-24-14-5-2-4-13(18)10-14/h2,4-5,10,15H,3,6-9,11H2,1H3,(H,19,23)/t15-/m1/s1. The molecule has 0 radical (unpaired) electrons. The molecule has 3 rings (SSSR count). The van der Waals surface area contributed by atoms with Gasteiger partial charge < -0.3 is 14.6 Å². The van der Waals surface area contributed by atoms with E-state index < -0.39 is 0 Å². The van der Waals surface area contributed by atoms with E-state index in [1.807, 2.05) is 4.90 Å². The Morgan fingerprint density at radius 3 is 3.16 bits per heavy atom. The normalized spacial score (nSPS) is 17.6. The third-order valence-corrected chi connectivity index (χ3v) is 4.04. The van der Waals surface area contributed by atoms with Gasteiger partial charge in [-0.3, -0.25) is 9.69 Å². The average molecular weight is 348 g/mol. The van der Waals surface area contributed by atoms with E-state index in [2.05, 4.69) is 15.5 Å². The molecule has 1 fully saturated rings. The predicted molar refractivity (Wildman–Crippen MR) is 87.5 cm³/mol. The van der Waals surface area contributed by atoms with E-state index in [1.54, 1.807) is 19.1 Å². The first kappa shape index (κ1) is 17.3. The van der Waals surface area contributed by atoms with Gasteiger partial charge in [-0.15, -0.1) is 0 Å². The van der Waals surface area contributed by atoms with Gasteiger partial charge in [-0.25, -0.2) is 4.39 Å². The SMILES string of the molecule is Cc1nc([C@H]2CCCN2CC(=O)NCCOc2cccc(F)c2)no1. The summed E-state index contributed by atoms with van der Waals surface area (Å²) < 4.78 is 23.5. The highest BCUT2D eigenvalue weighted by atomic mass is 19.1. The maximum absolute atomic E-state index is 13.0. The first-order valence-corrected chi connectivity index (χ1v) is 8.31. The number of aromatic nitrogens is 2. The Labute approximate surface area is 145 Å². The second-order valence-corrected chi connectivity index (χ2v) is 5.96. The smallest absolute Gasteiger partial charge is 0.234 e. The van der Waals surface area contributed by atoms with Gasteiger partial charge in [0.25, 0.3) is 0 Å². The minimum atomic E-state index is -0.349. The van der Waals surface area contributed by atoms with Crippen LogP contribution in [0.5, 0.6) is 5.75 Å². The Kier molecular flexibility index (Phi) is 5.60. The number of nitrogens with one attached hydrogen (secondary N) is 1. The summed E-state index contributed by atoms with van der Waals surface area (Å²) in [6.07, 6.45) is 1.91. The second-order valence-electron chi connectivity index (χ2n) is 5.96. The molecule has 1 N–H and O–H groups in total. The number of carbonyl (C=O) groups is 1. The molecular formula is C17H21FN4O3. The molecule has 0 saturated carbocycles. The van der Waals surface area contributed by atoms with Gasteiger partial charge in [0.1, 0.15) is 18.2 Å². The topological polar surface area (TPSA) is 80.5 Å². The monoisotopic (exact) mass is 348 g/mol. The van der Waals surface area contributed by atoms with E-state index in [-0.39, 0.29) is 30.9 Å².